The zero-order valence-corrected chi connectivity index (χ0v) is 16.9. The molecule has 1 amide bonds. The molecule has 11 nitrogen and oxygen atoms in total. The van der Waals surface area contributed by atoms with Crippen molar-refractivity contribution in [1.29, 1.82) is 0 Å². The first-order chi connectivity index (χ1) is 13.3. The molecule has 0 saturated carbocycles. The molecule has 0 bridgehead atoms. The van der Waals surface area contributed by atoms with Crippen LogP contribution in [0, 0.1) is 10.1 Å². The van der Waals surface area contributed by atoms with E-state index in [1.54, 1.807) is 0 Å². The summed E-state index contributed by atoms with van der Waals surface area (Å²) in [6, 6.07) is 4.51. The minimum Gasteiger partial charge on any atom is -0.374 e. The molecular formula is C13H10N6O5S4. The molecule has 2 heterocycles. The van der Waals surface area contributed by atoms with Crippen molar-refractivity contribution in [3.05, 3.63) is 40.6 Å². The van der Waals surface area contributed by atoms with Crippen LogP contribution in [0.3, 0.4) is 0 Å². The molecule has 0 aliphatic heterocycles. The maximum Gasteiger partial charge on any atom is 0.269 e. The van der Waals surface area contributed by atoms with Gasteiger partial charge in [0, 0.05) is 12.1 Å². The van der Waals surface area contributed by atoms with Crippen LogP contribution in [0.2, 0.25) is 0 Å². The number of nitro benzene ring substituents is 1. The van der Waals surface area contributed by atoms with Crippen LogP contribution < -0.4 is 11.1 Å². The number of sulfone groups is 1. The Labute approximate surface area is 170 Å². The first-order valence-corrected chi connectivity index (χ1v) is 11.3. The largest absolute Gasteiger partial charge is 0.374 e. The van der Waals surface area contributed by atoms with Gasteiger partial charge < -0.3 is 11.1 Å². The summed E-state index contributed by atoms with van der Waals surface area (Å²) >= 11 is 3.07. The molecule has 1 aromatic carbocycles. The summed E-state index contributed by atoms with van der Waals surface area (Å²) in [4.78, 5) is 25.8. The Morgan fingerprint density at radius 3 is 2.57 bits per heavy atom. The predicted molar refractivity (Wildman–Crippen MR) is 104 cm³/mol. The van der Waals surface area contributed by atoms with E-state index in [1.807, 2.05) is 0 Å². The second kappa shape index (κ2) is 8.17. The van der Waals surface area contributed by atoms with Gasteiger partial charge in [0.2, 0.25) is 20.9 Å². The minimum absolute atomic E-state index is 0.0264. The summed E-state index contributed by atoms with van der Waals surface area (Å²) in [6.45, 7) is 0. The van der Waals surface area contributed by atoms with E-state index in [1.165, 1.54) is 0 Å². The Bertz CT molecular complexity index is 1120. The topological polar surface area (TPSA) is 171 Å². The number of aromatic nitrogens is 3. The lowest BCUT2D eigenvalue weighted by Crippen LogP contribution is -2.13. The minimum atomic E-state index is -3.90. The molecule has 2 aromatic heterocycles. The third-order valence-corrected chi connectivity index (χ3v) is 8.13. The summed E-state index contributed by atoms with van der Waals surface area (Å²) < 4.78 is 25.6. The van der Waals surface area contributed by atoms with E-state index in [9.17, 15) is 23.3 Å². The van der Waals surface area contributed by atoms with Gasteiger partial charge in [-0.15, -0.1) is 10.2 Å². The van der Waals surface area contributed by atoms with E-state index in [0.29, 0.717) is 9.47 Å². The van der Waals surface area contributed by atoms with Gasteiger partial charge in [0.05, 0.1) is 21.8 Å². The molecule has 0 unspecified atom stereocenters. The van der Waals surface area contributed by atoms with Crippen molar-refractivity contribution in [2.75, 3.05) is 16.8 Å². The SMILES string of the molecule is Nc1nnc(SCC(=O)Nc2ncc(S(=O)(=O)c3ccc([N+](=O)[O-])cc3)s2)s1. The first kappa shape index (κ1) is 20.1. The Morgan fingerprint density at radius 2 is 1.96 bits per heavy atom. The molecule has 3 aromatic rings. The summed E-state index contributed by atoms with van der Waals surface area (Å²) in [6.07, 6.45) is 1.12. The monoisotopic (exact) mass is 458 g/mol. The van der Waals surface area contributed by atoms with Gasteiger partial charge in [0.15, 0.2) is 9.47 Å². The predicted octanol–water partition coefficient (Wildman–Crippen LogP) is 2.05. The number of rotatable bonds is 7. The second-order valence-corrected chi connectivity index (χ2v) is 10.4. The number of amides is 1. The smallest absolute Gasteiger partial charge is 0.269 e. The normalized spacial score (nSPS) is 11.3. The number of anilines is 2. The molecule has 3 rings (SSSR count). The van der Waals surface area contributed by atoms with Gasteiger partial charge >= 0.3 is 0 Å². The van der Waals surface area contributed by atoms with Gasteiger partial charge in [-0.05, 0) is 12.1 Å². The molecule has 15 heteroatoms. The van der Waals surface area contributed by atoms with E-state index < -0.39 is 20.7 Å². The zero-order chi connectivity index (χ0) is 20.3. The molecule has 28 heavy (non-hydrogen) atoms. The van der Waals surface area contributed by atoms with E-state index in [4.69, 9.17) is 5.73 Å². The van der Waals surface area contributed by atoms with Crippen LogP contribution in [0.1, 0.15) is 0 Å². The fourth-order valence-corrected chi connectivity index (χ4v) is 5.75. The molecular weight excluding hydrogens is 448 g/mol. The standard InChI is InChI=1S/C13H10N6O5S4/c14-11-17-18-13(27-11)25-6-9(20)16-12-15-5-10(26-12)28(23,24)8-3-1-7(2-4-8)19(21)22/h1-5H,6H2,(H2,14,17)(H,15,16,20). The highest BCUT2D eigenvalue weighted by molar-refractivity contribution is 8.01. The number of nitrogens with two attached hydrogens (primary N) is 1. The highest BCUT2D eigenvalue weighted by Gasteiger charge is 2.22. The third kappa shape index (κ3) is 4.61. The van der Waals surface area contributed by atoms with Crippen LogP contribution in [0.25, 0.3) is 0 Å². The summed E-state index contributed by atoms with van der Waals surface area (Å²) in [5, 5.41) is 21.0. The number of hydrogen-bond acceptors (Lipinski definition) is 12. The van der Waals surface area contributed by atoms with Crippen molar-refractivity contribution in [1.82, 2.24) is 15.2 Å². The molecule has 0 spiro atoms. The number of nitrogen functional groups attached to an aromatic ring is 1. The molecule has 3 N–H and O–H groups in total. The van der Waals surface area contributed by atoms with Crippen LogP contribution in [-0.4, -0.2) is 40.2 Å². The highest BCUT2D eigenvalue weighted by atomic mass is 32.2. The highest BCUT2D eigenvalue weighted by Crippen LogP contribution is 2.30. The average molecular weight is 459 g/mol. The first-order valence-electron chi connectivity index (χ1n) is 7.23. The lowest BCUT2D eigenvalue weighted by molar-refractivity contribution is -0.384. The van der Waals surface area contributed by atoms with Crippen molar-refractivity contribution in [2.45, 2.75) is 13.4 Å². The van der Waals surface area contributed by atoms with Crippen molar-refractivity contribution in [2.24, 2.45) is 0 Å². The van der Waals surface area contributed by atoms with Crippen LogP contribution in [0.5, 0.6) is 0 Å². The van der Waals surface area contributed by atoms with Crippen LogP contribution >= 0.6 is 34.4 Å². The lowest BCUT2D eigenvalue weighted by atomic mass is 10.3. The van der Waals surface area contributed by atoms with Gasteiger partial charge in [0.25, 0.3) is 5.69 Å². The number of carbonyl (C=O) groups is 1. The Hall–Kier alpha value is -2.62. The third-order valence-electron chi connectivity index (χ3n) is 3.10. The van der Waals surface area contributed by atoms with Crippen molar-refractivity contribution in [3.8, 4) is 0 Å². The maximum absolute atomic E-state index is 12.6. The van der Waals surface area contributed by atoms with Crippen molar-refractivity contribution < 1.29 is 18.1 Å². The van der Waals surface area contributed by atoms with Gasteiger partial charge in [0.1, 0.15) is 4.21 Å². The van der Waals surface area contributed by atoms with Crippen LogP contribution in [0.4, 0.5) is 16.0 Å². The van der Waals surface area contributed by atoms with Gasteiger partial charge in [-0.1, -0.05) is 34.4 Å². The Balaban J connectivity index is 1.66. The number of thioether (sulfide) groups is 1. The number of carbonyl (C=O) groups excluding carboxylic acids is 1. The van der Waals surface area contributed by atoms with Gasteiger partial charge in [-0.25, -0.2) is 13.4 Å². The quantitative estimate of drug-likeness (QED) is 0.303. The molecule has 146 valence electrons. The number of nitrogens with one attached hydrogen (secondary N) is 1. The second-order valence-electron chi connectivity index (χ2n) is 4.98. The van der Waals surface area contributed by atoms with Gasteiger partial charge in [-0.2, -0.15) is 0 Å². The molecule has 0 radical (unpaired) electrons. The lowest BCUT2D eigenvalue weighted by Gasteiger charge is -2.01. The summed E-state index contributed by atoms with van der Waals surface area (Å²) in [5.74, 6) is -0.369. The molecule has 0 fully saturated rings. The Kier molecular flexibility index (Phi) is 5.87. The molecule has 0 aliphatic carbocycles. The van der Waals surface area contributed by atoms with Gasteiger partial charge in [-0.3, -0.25) is 14.9 Å². The number of benzene rings is 1. The van der Waals surface area contributed by atoms with Crippen LogP contribution in [0.15, 0.2) is 43.9 Å². The zero-order valence-electron chi connectivity index (χ0n) is 13.6. The van der Waals surface area contributed by atoms with Crippen molar-refractivity contribution >= 4 is 66.1 Å². The van der Waals surface area contributed by atoms with E-state index in [0.717, 1.165) is 64.9 Å². The molecule has 0 aliphatic rings. The van der Waals surface area contributed by atoms with E-state index >= 15 is 0 Å². The van der Waals surface area contributed by atoms with E-state index in [-0.39, 0.29) is 25.7 Å². The average Bonchev–Trinajstić information content (AvgIpc) is 3.29. The fraction of sp³-hybridized carbons (Fsp3) is 0.0769. The number of nitrogens with zero attached hydrogens (tertiary/aromatic N) is 4. The molecule has 0 saturated heterocycles. The molecule has 0 atom stereocenters. The number of non-ortho nitro benzene ring substituents is 1. The number of hydrogen-bond donors (Lipinski definition) is 2. The van der Waals surface area contributed by atoms with Crippen molar-refractivity contribution in [3.63, 3.8) is 0 Å². The maximum atomic E-state index is 12.6. The van der Waals surface area contributed by atoms with Crippen LogP contribution in [-0.2, 0) is 14.6 Å². The number of nitro groups is 1. The summed E-state index contributed by atoms with van der Waals surface area (Å²) in [5.41, 5.74) is 5.24. The number of thiazole rings is 1. The Morgan fingerprint density at radius 1 is 1.25 bits per heavy atom. The fourth-order valence-electron chi connectivity index (χ4n) is 1.87. The summed E-state index contributed by atoms with van der Waals surface area (Å²) in [7, 11) is -3.90. The van der Waals surface area contributed by atoms with E-state index in [2.05, 4.69) is 20.5 Å².